The molecule has 2 N–H and O–H groups in total. The Morgan fingerprint density at radius 3 is 2.82 bits per heavy atom. The van der Waals surface area contributed by atoms with Crippen molar-refractivity contribution in [3.05, 3.63) is 11.8 Å². The molecule has 0 aromatic carbocycles. The molecule has 6 heteroatoms. The van der Waals surface area contributed by atoms with Gasteiger partial charge in [-0.05, 0) is 20.8 Å². The van der Waals surface area contributed by atoms with Crippen LogP contribution in [0, 0.1) is 6.92 Å². The lowest BCUT2D eigenvalue weighted by Gasteiger charge is -2.24. The Hall–Kier alpha value is -1.40. The monoisotopic (exact) mass is 241 g/mol. The molecule has 1 aromatic heterocycles. The van der Waals surface area contributed by atoms with Crippen molar-refractivity contribution < 1.29 is 14.4 Å². The maximum Gasteiger partial charge on any atom is 0.239 e. The number of aliphatic hydroxyl groups is 1. The standard InChI is InChI=1S/C11H19N3O3/c1-8(2)14(4-5-15)7-11(16)12-10-6-9(3)17-13-10/h6,8,15H,4-5,7H2,1-3H3,(H,12,13,16). The molecule has 0 radical (unpaired) electrons. The Morgan fingerprint density at radius 1 is 1.65 bits per heavy atom. The quantitative estimate of drug-likeness (QED) is 0.763. The summed E-state index contributed by atoms with van der Waals surface area (Å²) >= 11 is 0. The Morgan fingerprint density at radius 2 is 2.35 bits per heavy atom. The van der Waals surface area contributed by atoms with Gasteiger partial charge in [-0.15, -0.1) is 0 Å². The van der Waals surface area contributed by atoms with E-state index in [4.69, 9.17) is 9.63 Å². The molecule has 1 rings (SSSR count). The van der Waals surface area contributed by atoms with Crippen LogP contribution in [0.1, 0.15) is 19.6 Å². The second kappa shape index (κ2) is 6.36. The molecule has 1 heterocycles. The van der Waals surface area contributed by atoms with Crippen LogP contribution >= 0.6 is 0 Å². The van der Waals surface area contributed by atoms with Crippen molar-refractivity contribution in [1.29, 1.82) is 0 Å². The van der Waals surface area contributed by atoms with Crippen molar-refractivity contribution in [3.63, 3.8) is 0 Å². The number of amides is 1. The van der Waals surface area contributed by atoms with Crippen molar-refractivity contribution in [2.24, 2.45) is 0 Å². The molecule has 0 unspecified atom stereocenters. The lowest BCUT2D eigenvalue weighted by atomic mass is 10.3. The number of hydrogen-bond donors (Lipinski definition) is 2. The highest BCUT2D eigenvalue weighted by molar-refractivity contribution is 5.91. The third-order valence-corrected chi connectivity index (χ3v) is 2.36. The van der Waals surface area contributed by atoms with Gasteiger partial charge in [-0.1, -0.05) is 5.16 Å². The van der Waals surface area contributed by atoms with Crippen molar-refractivity contribution in [1.82, 2.24) is 10.1 Å². The van der Waals surface area contributed by atoms with Crippen LogP contribution in [0.4, 0.5) is 5.82 Å². The SMILES string of the molecule is Cc1cc(NC(=O)CN(CCO)C(C)C)no1. The Balaban J connectivity index is 2.47. The summed E-state index contributed by atoms with van der Waals surface area (Å²) in [5.74, 6) is 0.900. The van der Waals surface area contributed by atoms with E-state index in [1.807, 2.05) is 18.7 Å². The van der Waals surface area contributed by atoms with Crippen LogP contribution in [-0.4, -0.2) is 46.8 Å². The summed E-state index contributed by atoms with van der Waals surface area (Å²) in [6.45, 7) is 6.45. The lowest BCUT2D eigenvalue weighted by Crippen LogP contribution is -2.39. The van der Waals surface area contributed by atoms with Gasteiger partial charge in [0.25, 0.3) is 0 Å². The highest BCUT2D eigenvalue weighted by atomic mass is 16.5. The van der Waals surface area contributed by atoms with E-state index in [2.05, 4.69) is 10.5 Å². The average molecular weight is 241 g/mol. The average Bonchev–Trinajstić information content (AvgIpc) is 2.63. The topological polar surface area (TPSA) is 78.6 Å². The summed E-state index contributed by atoms with van der Waals surface area (Å²) in [5.41, 5.74) is 0. The van der Waals surface area contributed by atoms with Crippen LogP contribution in [0.25, 0.3) is 0 Å². The van der Waals surface area contributed by atoms with Crippen molar-refractivity contribution in [2.75, 3.05) is 25.0 Å². The van der Waals surface area contributed by atoms with Gasteiger partial charge in [-0.3, -0.25) is 9.69 Å². The van der Waals surface area contributed by atoms with Crippen molar-refractivity contribution in [2.45, 2.75) is 26.8 Å². The van der Waals surface area contributed by atoms with Crippen LogP contribution in [0.15, 0.2) is 10.6 Å². The first-order valence-corrected chi connectivity index (χ1v) is 5.61. The van der Waals surface area contributed by atoms with Gasteiger partial charge in [0.15, 0.2) is 5.82 Å². The molecule has 0 saturated carbocycles. The number of carbonyl (C=O) groups excluding carboxylic acids is 1. The smallest absolute Gasteiger partial charge is 0.239 e. The molecule has 0 saturated heterocycles. The molecule has 0 aliphatic heterocycles. The number of nitrogens with one attached hydrogen (secondary N) is 1. The zero-order valence-electron chi connectivity index (χ0n) is 10.4. The van der Waals surface area contributed by atoms with Crippen LogP contribution in [0.3, 0.4) is 0 Å². The van der Waals surface area contributed by atoms with Gasteiger partial charge in [0.1, 0.15) is 5.76 Å². The number of rotatable bonds is 6. The molecule has 96 valence electrons. The molecular weight excluding hydrogens is 222 g/mol. The molecule has 17 heavy (non-hydrogen) atoms. The number of anilines is 1. The summed E-state index contributed by atoms with van der Waals surface area (Å²) < 4.78 is 4.85. The third-order valence-electron chi connectivity index (χ3n) is 2.36. The Labute approximate surface area is 101 Å². The summed E-state index contributed by atoms with van der Waals surface area (Å²) in [5, 5.41) is 15.2. The minimum Gasteiger partial charge on any atom is -0.395 e. The zero-order valence-corrected chi connectivity index (χ0v) is 10.4. The van der Waals surface area contributed by atoms with E-state index in [1.54, 1.807) is 13.0 Å². The molecule has 1 aromatic rings. The van der Waals surface area contributed by atoms with E-state index >= 15 is 0 Å². The minimum atomic E-state index is -0.166. The second-order valence-corrected chi connectivity index (χ2v) is 4.16. The highest BCUT2D eigenvalue weighted by Crippen LogP contribution is 2.07. The van der Waals surface area contributed by atoms with E-state index < -0.39 is 0 Å². The fourth-order valence-electron chi connectivity index (χ4n) is 1.44. The maximum absolute atomic E-state index is 11.7. The van der Waals surface area contributed by atoms with E-state index in [0.717, 1.165) is 0 Å². The summed E-state index contributed by atoms with van der Waals surface area (Å²) in [6, 6.07) is 1.86. The number of carbonyl (C=O) groups is 1. The van der Waals surface area contributed by atoms with Crippen molar-refractivity contribution >= 4 is 11.7 Å². The van der Waals surface area contributed by atoms with E-state index in [0.29, 0.717) is 18.1 Å². The molecule has 1 amide bonds. The Kier molecular flexibility index (Phi) is 5.11. The summed E-state index contributed by atoms with van der Waals surface area (Å²) in [4.78, 5) is 13.6. The number of hydrogen-bond acceptors (Lipinski definition) is 5. The zero-order chi connectivity index (χ0) is 12.8. The van der Waals surface area contributed by atoms with Crippen LogP contribution in [0.5, 0.6) is 0 Å². The largest absolute Gasteiger partial charge is 0.395 e. The fourth-order valence-corrected chi connectivity index (χ4v) is 1.44. The number of aryl methyl sites for hydroxylation is 1. The van der Waals surface area contributed by atoms with E-state index in [-0.39, 0.29) is 25.1 Å². The Bertz CT molecular complexity index is 363. The molecule has 0 spiro atoms. The lowest BCUT2D eigenvalue weighted by molar-refractivity contribution is -0.117. The van der Waals surface area contributed by atoms with Gasteiger partial charge >= 0.3 is 0 Å². The van der Waals surface area contributed by atoms with Gasteiger partial charge in [-0.25, -0.2) is 0 Å². The number of nitrogens with zero attached hydrogens (tertiary/aromatic N) is 2. The molecule has 0 aliphatic carbocycles. The van der Waals surface area contributed by atoms with E-state index in [9.17, 15) is 4.79 Å². The van der Waals surface area contributed by atoms with Crippen LogP contribution < -0.4 is 5.32 Å². The highest BCUT2D eigenvalue weighted by Gasteiger charge is 2.14. The fraction of sp³-hybridized carbons (Fsp3) is 0.636. The third kappa shape index (κ3) is 4.54. The summed E-state index contributed by atoms with van der Waals surface area (Å²) in [7, 11) is 0. The summed E-state index contributed by atoms with van der Waals surface area (Å²) in [6.07, 6.45) is 0. The van der Waals surface area contributed by atoms with Gasteiger partial charge in [-0.2, -0.15) is 0 Å². The van der Waals surface area contributed by atoms with Gasteiger partial charge in [0, 0.05) is 18.7 Å². The van der Waals surface area contributed by atoms with Crippen LogP contribution in [0.2, 0.25) is 0 Å². The number of aromatic nitrogens is 1. The number of aliphatic hydroxyl groups excluding tert-OH is 1. The molecule has 0 bridgehead atoms. The molecule has 0 aliphatic rings. The minimum absolute atomic E-state index is 0.0362. The maximum atomic E-state index is 11.7. The van der Waals surface area contributed by atoms with Gasteiger partial charge in [0.05, 0.1) is 13.2 Å². The normalized spacial score (nSPS) is 11.2. The van der Waals surface area contributed by atoms with Crippen LogP contribution in [-0.2, 0) is 4.79 Å². The second-order valence-electron chi connectivity index (χ2n) is 4.16. The van der Waals surface area contributed by atoms with Crippen molar-refractivity contribution in [3.8, 4) is 0 Å². The first-order valence-electron chi connectivity index (χ1n) is 5.61. The first kappa shape index (κ1) is 13.7. The van der Waals surface area contributed by atoms with E-state index in [1.165, 1.54) is 0 Å². The first-order chi connectivity index (χ1) is 8.02. The van der Waals surface area contributed by atoms with Gasteiger partial charge < -0.3 is 14.9 Å². The molecule has 0 fully saturated rings. The predicted molar refractivity (Wildman–Crippen MR) is 63.7 cm³/mol. The molecular formula is C11H19N3O3. The van der Waals surface area contributed by atoms with Gasteiger partial charge in [0.2, 0.25) is 5.91 Å². The molecule has 0 atom stereocenters. The molecule has 6 nitrogen and oxygen atoms in total. The predicted octanol–water partition coefficient (Wildman–Crippen LogP) is 0.624.